The molecule has 21 heavy (non-hydrogen) atoms. The third-order valence-corrected chi connectivity index (χ3v) is 3.81. The van der Waals surface area contributed by atoms with E-state index in [4.69, 9.17) is 5.11 Å². The van der Waals surface area contributed by atoms with Crippen LogP contribution in [0.4, 0.5) is 4.39 Å². The van der Waals surface area contributed by atoms with Crippen molar-refractivity contribution in [3.63, 3.8) is 0 Å². The van der Waals surface area contributed by atoms with Gasteiger partial charge in [0, 0.05) is 0 Å². The maximum Gasteiger partial charge on any atom is 0.372 e. The van der Waals surface area contributed by atoms with Crippen molar-refractivity contribution < 1.29 is 23.9 Å². The Morgan fingerprint density at radius 1 is 1.14 bits per heavy atom. The van der Waals surface area contributed by atoms with E-state index in [1.807, 2.05) is 0 Å². The first kappa shape index (κ1) is 15.1. The van der Waals surface area contributed by atoms with Crippen molar-refractivity contribution in [2.45, 2.75) is 12.8 Å². The Hall–Kier alpha value is -2.34. The van der Waals surface area contributed by atoms with Crippen molar-refractivity contribution in [3.05, 3.63) is 57.5 Å². The zero-order chi connectivity index (χ0) is 15.4. The molecular formula is C15H11FO4S. The Kier molecular flexibility index (Phi) is 4.59. The van der Waals surface area contributed by atoms with Crippen LogP contribution >= 0.6 is 11.3 Å². The number of halogens is 1. The van der Waals surface area contributed by atoms with Crippen LogP contribution in [0.25, 0.3) is 0 Å². The first-order valence-electron chi connectivity index (χ1n) is 6.07. The van der Waals surface area contributed by atoms with Gasteiger partial charge in [-0.3, -0.25) is 9.59 Å². The summed E-state index contributed by atoms with van der Waals surface area (Å²) in [6.07, 6.45) is -0.177. The molecule has 1 N–H and O–H groups in total. The van der Waals surface area contributed by atoms with Crippen LogP contribution in [0.15, 0.2) is 35.7 Å². The summed E-state index contributed by atoms with van der Waals surface area (Å²) in [7, 11) is 0. The first-order chi connectivity index (χ1) is 9.95. The maximum atomic E-state index is 13.1. The molecule has 0 aliphatic carbocycles. The molecule has 1 aromatic carbocycles. The Balaban J connectivity index is 2.06. The van der Waals surface area contributed by atoms with Gasteiger partial charge in [-0.1, -0.05) is 12.1 Å². The quantitative estimate of drug-likeness (QED) is 0.506. The summed E-state index contributed by atoms with van der Waals surface area (Å²) >= 11 is 1.15. The van der Waals surface area contributed by atoms with Crippen LogP contribution in [0.3, 0.4) is 0 Å². The summed E-state index contributed by atoms with van der Waals surface area (Å²) in [5, 5.41) is 10.2. The van der Waals surface area contributed by atoms with Crippen LogP contribution < -0.4 is 0 Å². The number of carbonyl (C=O) groups excluding carboxylic acids is 2. The second-order valence-electron chi connectivity index (χ2n) is 4.45. The van der Waals surface area contributed by atoms with E-state index >= 15 is 0 Å². The van der Waals surface area contributed by atoms with Crippen LogP contribution in [0.5, 0.6) is 0 Å². The second kappa shape index (κ2) is 6.41. The Labute approximate surface area is 123 Å². The van der Waals surface area contributed by atoms with Gasteiger partial charge in [0.15, 0.2) is 5.78 Å². The van der Waals surface area contributed by atoms with Crippen LogP contribution in [0, 0.1) is 5.82 Å². The highest BCUT2D eigenvalue weighted by atomic mass is 32.1. The van der Waals surface area contributed by atoms with Crippen molar-refractivity contribution in [1.82, 2.24) is 0 Å². The molecule has 2 rings (SSSR count). The molecule has 0 radical (unpaired) electrons. The van der Waals surface area contributed by atoms with Gasteiger partial charge in [0.05, 0.1) is 11.3 Å². The molecule has 0 saturated carbocycles. The summed E-state index contributed by atoms with van der Waals surface area (Å²) in [6, 6.07) is 7.74. The number of aliphatic carboxylic acids is 1. The number of hydrogen-bond donors (Lipinski definition) is 1. The van der Waals surface area contributed by atoms with Crippen molar-refractivity contribution >= 4 is 28.9 Å². The lowest BCUT2D eigenvalue weighted by Crippen LogP contribution is -2.16. The van der Waals surface area contributed by atoms with Gasteiger partial charge in [0.1, 0.15) is 5.82 Å². The molecule has 0 bridgehead atoms. The molecule has 0 amide bonds. The summed E-state index contributed by atoms with van der Waals surface area (Å²) in [5.41, 5.74) is 1.59. The molecule has 0 unspecified atom stereocenters. The van der Waals surface area contributed by atoms with Gasteiger partial charge < -0.3 is 5.11 Å². The molecule has 0 fully saturated rings. The molecule has 2 aromatic rings. The maximum absolute atomic E-state index is 13.1. The molecule has 1 heterocycles. The molecule has 0 atom stereocenters. The number of ketones is 2. The zero-order valence-electron chi connectivity index (χ0n) is 10.8. The van der Waals surface area contributed by atoms with Crippen LogP contribution in [-0.2, 0) is 16.0 Å². The number of rotatable bonds is 6. The van der Waals surface area contributed by atoms with E-state index in [2.05, 4.69) is 0 Å². The molecule has 6 heteroatoms. The number of carboxylic acids is 1. The third-order valence-electron chi connectivity index (χ3n) is 2.79. The Morgan fingerprint density at radius 3 is 2.57 bits per heavy atom. The number of carbonyl (C=O) groups is 3. The molecule has 108 valence electrons. The highest BCUT2D eigenvalue weighted by Crippen LogP contribution is 2.20. The lowest BCUT2D eigenvalue weighted by atomic mass is 10.1. The number of thiophene rings is 1. The summed E-state index contributed by atoms with van der Waals surface area (Å²) < 4.78 is 13.1. The number of benzene rings is 1. The van der Waals surface area contributed by atoms with E-state index in [0.29, 0.717) is 11.3 Å². The fourth-order valence-electron chi connectivity index (χ4n) is 1.81. The van der Waals surface area contributed by atoms with Gasteiger partial charge >= 0.3 is 5.97 Å². The fraction of sp³-hybridized carbons (Fsp3) is 0.133. The monoisotopic (exact) mass is 306 g/mol. The predicted octanol–water partition coefficient (Wildman–Crippen LogP) is 2.70. The van der Waals surface area contributed by atoms with E-state index in [1.165, 1.54) is 12.1 Å². The van der Waals surface area contributed by atoms with Gasteiger partial charge in [-0.05, 0) is 41.1 Å². The van der Waals surface area contributed by atoms with Gasteiger partial charge in [-0.25, -0.2) is 9.18 Å². The minimum atomic E-state index is -1.61. The van der Waals surface area contributed by atoms with E-state index in [0.717, 1.165) is 22.5 Å². The Morgan fingerprint density at radius 2 is 1.90 bits per heavy atom. The normalized spacial score (nSPS) is 10.3. The zero-order valence-corrected chi connectivity index (χ0v) is 11.7. The van der Waals surface area contributed by atoms with Crippen molar-refractivity contribution in [2.24, 2.45) is 0 Å². The van der Waals surface area contributed by atoms with Crippen molar-refractivity contribution in [2.75, 3.05) is 0 Å². The molecular weight excluding hydrogens is 295 g/mol. The van der Waals surface area contributed by atoms with Crippen molar-refractivity contribution in [1.29, 1.82) is 0 Å². The van der Waals surface area contributed by atoms with E-state index in [9.17, 15) is 18.8 Å². The molecule has 1 aromatic heterocycles. The highest BCUT2D eigenvalue weighted by molar-refractivity contribution is 7.12. The van der Waals surface area contributed by atoms with Crippen molar-refractivity contribution in [3.8, 4) is 0 Å². The smallest absolute Gasteiger partial charge is 0.372 e. The van der Waals surface area contributed by atoms with Crippen LogP contribution in [0.1, 0.15) is 27.2 Å². The summed E-state index contributed by atoms with van der Waals surface area (Å²) in [5.74, 6) is -3.58. The minimum absolute atomic E-state index is 0.328. The third kappa shape index (κ3) is 4.06. The standard InChI is InChI=1S/C15H11FO4S/c16-11-3-1-2-9(5-11)4-10-6-14(21-8-10)12(17)7-13(18)15(19)20/h1-3,5-6,8H,4,7H2,(H,19,20). The number of carboxylic acid groups (broad SMARTS) is 1. The molecule has 0 saturated heterocycles. The van der Waals surface area contributed by atoms with Gasteiger partial charge in [-0.2, -0.15) is 0 Å². The topological polar surface area (TPSA) is 71.4 Å². The predicted molar refractivity (Wildman–Crippen MR) is 75.1 cm³/mol. The molecule has 4 nitrogen and oxygen atoms in total. The average molecular weight is 306 g/mol. The fourth-order valence-corrected chi connectivity index (χ4v) is 2.66. The van der Waals surface area contributed by atoms with Gasteiger partial charge in [0.25, 0.3) is 0 Å². The highest BCUT2D eigenvalue weighted by Gasteiger charge is 2.19. The lowest BCUT2D eigenvalue weighted by Gasteiger charge is -1.98. The number of Topliss-reactive ketones (excluding diaryl/α,β-unsaturated/α-hetero) is 2. The summed E-state index contributed by atoms with van der Waals surface area (Å²) in [4.78, 5) is 33.5. The number of hydrogen-bond acceptors (Lipinski definition) is 4. The second-order valence-corrected chi connectivity index (χ2v) is 5.37. The molecule has 0 aliphatic rings. The summed E-state index contributed by atoms with van der Waals surface area (Å²) in [6.45, 7) is 0. The average Bonchev–Trinajstić information content (AvgIpc) is 2.87. The van der Waals surface area contributed by atoms with E-state index in [1.54, 1.807) is 23.6 Å². The van der Waals surface area contributed by atoms with E-state index < -0.39 is 24.0 Å². The van der Waals surface area contributed by atoms with Gasteiger partial charge in [-0.15, -0.1) is 11.3 Å². The SMILES string of the molecule is O=C(O)C(=O)CC(=O)c1cc(Cc2cccc(F)c2)cs1. The first-order valence-corrected chi connectivity index (χ1v) is 6.95. The molecule has 0 aliphatic heterocycles. The largest absolute Gasteiger partial charge is 0.475 e. The Bertz CT molecular complexity index is 705. The van der Waals surface area contributed by atoms with Crippen LogP contribution in [0.2, 0.25) is 0 Å². The lowest BCUT2D eigenvalue weighted by molar-refractivity contribution is -0.148. The van der Waals surface area contributed by atoms with E-state index in [-0.39, 0.29) is 5.82 Å². The van der Waals surface area contributed by atoms with Crippen LogP contribution in [-0.4, -0.2) is 22.6 Å². The molecule has 0 spiro atoms. The van der Waals surface area contributed by atoms with Gasteiger partial charge in [0.2, 0.25) is 5.78 Å². The minimum Gasteiger partial charge on any atom is -0.475 e.